The van der Waals surface area contributed by atoms with Crippen LogP contribution in [0.4, 0.5) is 5.82 Å². The van der Waals surface area contributed by atoms with E-state index in [0.717, 1.165) is 42.6 Å². The van der Waals surface area contributed by atoms with Crippen molar-refractivity contribution < 1.29 is 0 Å². The van der Waals surface area contributed by atoms with Gasteiger partial charge in [0, 0.05) is 55.6 Å². The van der Waals surface area contributed by atoms with Crippen LogP contribution in [0.3, 0.4) is 0 Å². The second-order valence-electron chi connectivity index (χ2n) is 8.27. The summed E-state index contributed by atoms with van der Waals surface area (Å²) in [6.45, 7) is 11.4. The second kappa shape index (κ2) is 6.84. The molecule has 8 nitrogen and oxygen atoms in total. The smallest absolute Gasteiger partial charge is 0.178 e. The summed E-state index contributed by atoms with van der Waals surface area (Å²) in [4.78, 5) is 10.8. The Morgan fingerprint density at radius 2 is 2.00 bits per heavy atom. The molecule has 0 bridgehead atoms. The van der Waals surface area contributed by atoms with Crippen molar-refractivity contribution in [2.75, 3.05) is 24.5 Å². The van der Waals surface area contributed by atoms with Crippen molar-refractivity contribution in [1.82, 2.24) is 35.1 Å². The molecule has 8 heteroatoms. The molecule has 1 saturated heterocycles. The quantitative estimate of drug-likeness (QED) is 0.739. The van der Waals surface area contributed by atoms with Gasteiger partial charge in [-0.3, -0.25) is 9.97 Å². The Morgan fingerprint density at radius 1 is 1.19 bits per heavy atom. The SMILES string of the molecule is CC(NCC1CN(c2ccc3nnc(C(C)(C)C)n3n2)C1)c1cnccn1. The van der Waals surface area contributed by atoms with Gasteiger partial charge in [-0.05, 0) is 19.1 Å². The highest BCUT2D eigenvalue weighted by molar-refractivity contribution is 5.47. The lowest BCUT2D eigenvalue weighted by Gasteiger charge is -2.40. The van der Waals surface area contributed by atoms with Crippen LogP contribution < -0.4 is 10.2 Å². The van der Waals surface area contributed by atoms with Crippen LogP contribution in [0.25, 0.3) is 5.65 Å². The summed E-state index contributed by atoms with van der Waals surface area (Å²) in [6.07, 6.45) is 5.25. The molecular formula is C19H26N8. The Morgan fingerprint density at radius 3 is 2.70 bits per heavy atom. The van der Waals surface area contributed by atoms with Crippen LogP contribution in [-0.4, -0.2) is 49.4 Å². The molecule has 1 unspecified atom stereocenters. The van der Waals surface area contributed by atoms with Gasteiger partial charge >= 0.3 is 0 Å². The zero-order chi connectivity index (χ0) is 19.0. The van der Waals surface area contributed by atoms with Crippen molar-refractivity contribution in [3.05, 3.63) is 42.2 Å². The second-order valence-corrected chi connectivity index (χ2v) is 8.27. The Kier molecular flexibility index (Phi) is 4.51. The van der Waals surface area contributed by atoms with E-state index >= 15 is 0 Å². The molecule has 142 valence electrons. The summed E-state index contributed by atoms with van der Waals surface area (Å²) in [5, 5.41) is 16.9. The molecule has 1 N–H and O–H groups in total. The number of hydrogen-bond acceptors (Lipinski definition) is 7. The first-order valence-corrected chi connectivity index (χ1v) is 9.39. The summed E-state index contributed by atoms with van der Waals surface area (Å²) < 4.78 is 1.87. The van der Waals surface area contributed by atoms with Crippen LogP contribution in [0.1, 0.15) is 45.3 Å². The highest BCUT2D eigenvalue weighted by Crippen LogP contribution is 2.25. The van der Waals surface area contributed by atoms with Crippen molar-refractivity contribution >= 4 is 11.5 Å². The van der Waals surface area contributed by atoms with E-state index in [4.69, 9.17) is 5.10 Å². The molecule has 1 aliphatic heterocycles. The molecular weight excluding hydrogens is 340 g/mol. The maximum atomic E-state index is 4.78. The zero-order valence-electron chi connectivity index (χ0n) is 16.3. The number of fused-ring (bicyclic) bond motifs is 1. The Bertz CT molecular complexity index is 908. The molecule has 0 aliphatic carbocycles. The summed E-state index contributed by atoms with van der Waals surface area (Å²) in [7, 11) is 0. The van der Waals surface area contributed by atoms with Gasteiger partial charge in [-0.2, -0.15) is 4.52 Å². The molecule has 1 aliphatic rings. The predicted octanol–water partition coefficient (Wildman–Crippen LogP) is 2.00. The maximum absolute atomic E-state index is 4.78. The van der Waals surface area contributed by atoms with E-state index in [9.17, 15) is 0 Å². The zero-order valence-corrected chi connectivity index (χ0v) is 16.3. The lowest BCUT2D eigenvalue weighted by Crippen LogP contribution is -2.51. The van der Waals surface area contributed by atoms with Gasteiger partial charge in [0.15, 0.2) is 11.5 Å². The largest absolute Gasteiger partial charge is 0.354 e. The minimum atomic E-state index is -0.0943. The number of rotatable bonds is 5. The highest BCUT2D eigenvalue weighted by atomic mass is 15.4. The van der Waals surface area contributed by atoms with E-state index in [1.165, 1.54) is 0 Å². The minimum Gasteiger partial charge on any atom is -0.354 e. The van der Waals surface area contributed by atoms with Gasteiger partial charge in [0.05, 0.1) is 5.69 Å². The van der Waals surface area contributed by atoms with Crippen molar-refractivity contribution in [2.24, 2.45) is 5.92 Å². The van der Waals surface area contributed by atoms with E-state index in [1.807, 2.05) is 22.8 Å². The Hall–Kier alpha value is -2.61. The van der Waals surface area contributed by atoms with Gasteiger partial charge in [-0.15, -0.1) is 15.3 Å². The number of anilines is 1. The molecule has 3 aromatic heterocycles. The van der Waals surface area contributed by atoms with Crippen molar-refractivity contribution in [3.8, 4) is 0 Å². The van der Waals surface area contributed by atoms with Gasteiger partial charge in [0.25, 0.3) is 0 Å². The van der Waals surface area contributed by atoms with E-state index < -0.39 is 0 Å². The average molecular weight is 366 g/mol. The van der Waals surface area contributed by atoms with Gasteiger partial charge in [0.1, 0.15) is 5.82 Å². The lowest BCUT2D eigenvalue weighted by atomic mass is 9.96. The molecule has 0 amide bonds. The van der Waals surface area contributed by atoms with E-state index in [-0.39, 0.29) is 11.5 Å². The standard InChI is InChI=1S/C19H26N8/c1-13(15-10-20-7-8-21-15)22-9-14-11-26(12-14)17-6-5-16-23-24-18(19(2,3)4)27(16)25-17/h5-8,10,13-14,22H,9,11-12H2,1-4H3. The van der Waals surface area contributed by atoms with E-state index in [2.05, 4.69) is 58.1 Å². The van der Waals surface area contributed by atoms with Gasteiger partial charge in [0.2, 0.25) is 0 Å². The lowest BCUT2D eigenvalue weighted by molar-refractivity contribution is 0.363. The third-order valence-corrected chi connectivity index (χ3v) is 4.94. The molecule has 4 rings (SSSR count). The van der Waals surface area contributed by atoms with Crippen LogP contribution in [0.5, 0.6) is 0 Å². The van der Waals surface area contributed by atoms with Crippen molar-refractivity contribution in [1.29, 1.82) is 0 Å². The fourth-order valence-corrected chi connectivity index (χ4v) is 3.28. The molecule has 1 atom stereocenters. The van der Waals surface area contributed by atoms with Crippen molar-refractivity contribution in [2.45, 2.75) is 39.2 Å². The maximum Gasteiger partial charge on any atom is 0.178 e. The molecule has 1 fully saturated rings. The molecule has 0 spiro atoms. The number of nitrogens with one attached hydrogen (secondary N) is 1. The predicted molar refractivity (Wildman–Crippen MR) is 104 cm³/mol. The summed E-state index contributed by atoms with van der Waals surface area (Å²) in [5.41, 5.74) is 1.67. The molecule has 0 saturated carbocycles. The van der Waals surface area contributed by atoms with Gasteiger partial charge in [-0.25, -0.2) is 0 Å². The summed E-state index contributed by atoms with van der Waals surface area (Å²) in [6, 6.07) is 4.22. The van der Waals surface area contributed by atoms with Crippen LogP contribution >= 0.6 is 0 Å². The third-order valence-electron chi connectivity index (χ3n) is 4.94. The first-order valence-electron chi connectivity index (χ1n) is 9.39. The van der Waals surface area contributed by atoms with Crippen LogP contribution in [0.2, 0.25) is 0 Å². The summed E-state index contributed by atoms with van der Waals surface area (Å²) in [5.74, 6) is 2.46. The summed E-state index contributed by atoms with van der Waals surface area (Å²) >= 11 is 0. The average Bonchev–Trinajstić information content (AvgIpc) is 3.04. The van der Waals surface area contributed by atoms with Crippen LogP contribution in [0.15, 0.2) is 30.7 Å². The number of hydrogen-bond donors (Lipinski definition) is 1. The van der Waals surface area contributed by atoms with E-state index in [1.54, 1.807) is 12.4 Å². The fourth-order valence-electron chi connectivity index (χ4n) is 3.28. The van der Waals surface area contributed by atoms with Crippen LogP contribution in [-0.2, 0) is 5.41 Å². The fraction of sp³-hybridized carbons (Fsp3) is 0.526. The molecule has 0 aromatic carbocycles. The molecule has 0 radical (unpaired) electrons. The molecule has 4 heterocycles. The van der Waals surface area contributed by atoms with Crippen LogP contribution in [0, 0.1) is 5.92 Å². The first kappa shape index (κ1) is 17.8. The highest BCUT2D eigenvalue weighted by Gasteiger charge is 2.29. The number of nitrogens with zero attached hydrogens (tertiary/aromatic N) is 7. The topological polar surface area (TPSA) is 84.1 Å². The Labute approximate surface area is 159 Å². The Balaban J connectivity index is 1.37. The van der Waals surface area contributed by atoms with Crippen molar-refractivity contribution in [3.63, 3.8) is 0 Å². The first-order chi connectivity index (χ1) is 12.9. The third kappa shape index (κ3) is 3.62. The van der Waals surface area contributed by atoms with E-state index in [0.29, 0.717) is 5.92 Å². The molecule has 3 aromatic rings. The van der Waals surface area contributed by atoms with Gasteiger partial charge in [-0.1, -0.05) is 20.8 Å². The molecule has 27 heavy (non-hydrogen) atoms. The van der Waals surface area contributed by atoms with Gasteiger partial charge < -0.3 is 10.2 Å². The normalized spacial score (nSPS) is 16.5. The minimum absolute atomic E-state index is 0.0943. The monoisotopic (exact) mass is 366 g/mol. The number of aromatic nitrogens is 6.